The van der Waals surface area contributed by atoms with Gasteiger partial charge in [0.2, 0.25) is 10.0 Å². The van der Waals surface area contributed by atoms with E-state index in [2.05, 4.69) is 14.9 Å². The molecule has 1 saturated carbocycles. The standard InChI is InChI=1S/C11H23N3O2S/c1-9(7-12-10-3-4-10)17(15,16)13-11-5-6-14(2)8-11/h9-13H,3-8H2,1-2H3. The van der Waals surface area contributed by atoms with Gasteiger partial charge < -0.3 is 10.2 Å². The van der Waals surface area contributed by atoms with Crippen LogP contribution in [0.25, 0.3) is 0 Å². The van der Waals surface area contributed by atoms with Gasteiger partial charge in [0.1, 0.15) is 0 Å². The smallest absolute Gasteiger partial charge is 0.215 e. The van der Waals surface area contributed by atoms with E-state index in [0.717, 1.165) is 19.5 Å². The van der Waals surface area contributed by atoms with Gasteiger partial charge in [-0.25, -0.2) is 13.1 Å². The molecule has 0 aromatic carbocycles. The summed E-state index contributed by atoms with van der Waals surface area (Å²) in [5, 5.41) is 2.91. The van der Waals surface area contributed by atoms with Crippen molar-refractivity contribution in [2.75, 3.05) is 26.7 Å². The van der Waals surface area contributed by atoms with Crippen LogP contribution < -0.4 is 10.0 Å². The summed E-state index contributed by atoms with van der Waals surface area (Å²) >= 11 is 0. The van der Waals surface area contributed by atoms with E-state index >= 15 is 0 Å². The Bertz CT molecular complexity index is 354. The zero-order valence-corrected chi connectivity index (χ0v) is 11.5. The van der Waals surface area contributed by atoms with Gasteiger partial charge in [0.25, 0.3) is 0 Å². The van der Waals surface area contributed by atoms with Gasteiger partial charge >= 0.3 is 0 Å². The Hall–Kier alpha value is -0.170. The summed E-state index contributed by atoms with van der Waals surface area (Å²) in [6, 6.07) is 0.652. The highest BCUT2D eigenvalue weighted by Crippen LogP contribution is 2.18. The number of hydrogen-bond acceptors (Lipinski definition) is 4. The fourth-order valence-corrected chi connectivity index (χ4v) is 3.31. The highest BCUT2D eigenvalue weighted by molar-refractivity contribution is 7.90. The van der Waals surface area contributed by atoms with E-state index in [1.165, 1.54) is 12.8 Å². The van der Waals surface area contributed by atoms with E-state index in [4.69, 9.17) is 0 Å². The summed E-state index contributed by atoms with van der Waals surface area (Å²) in [5.74, 6) is 0. The first-order chi connectivity index (χ1) is 7.97. The zero-order chi connectivity index (χ0) is 12.5. The topological polar surface area (TPSA) is 61.4 Å². The molecule has 1 aliphatic heterocycles. The molecule has 2 fully saturated rings. The molecule has 2 unspecified atom stereocenters. The molecule has 0 radical (unpaired) electrons. The molecule has 2 N–H and O–H groups in total. The monoisotopic (exact) mass is 261 g/mol. The van der Waals surface area contributed by atoms with E-state index in [-0.39, 0.29) is 11.3 Å². The molecule has 0 aromatic rings. The Labute approximate surface area is 104 Å². The van der Waals surface area contributed by atoms with Crippen LogP contribution in [-0.2, 0) is 10.0 Å². The van der Waals surface area contributed by atoms with Crippen LogP contribution in [0.5, 0.6) is 0 Å². The molecule has 1 heterocycles. The van der Waals surface area contributed by atoms with E-state index in [0.29, 0.717) is 12.6 Å². The summed E-state index contributed by atoms with van der Waals surface area (Å²) in [6.45, 7) is 4.13. The summed E-state index contributed by atoms with van der Waals surface area (Å²) in [4.78, 5) is 2.15. The van der Waals surface area contributed by atoms with E-state index < -0.39 is 10.0 Å². The van der Waals surface area contributed by atoms with Gasteiger partial charge in [-0.3, -0.25) is 0 Å². The Morgan fingerprint density at radius 3 is 2.53 bits per heavy atom. The molecule has 2 rings (SSSR count). The highest BCUT2D eigenvalue weighted by atomic mass is 32.2. The summed E-state index contributed by atoms with van der Waals surface area (Å²) < 4.78 is 26.9. The Morgan fingerprint density at radius 1 is 1.29 bits per heavy atom. The molecule has 100 valence electrons. The van der Waals surface area contributed by atoms with Gasteiger partial charge in [-0.15, -0.1) is 0 Å². The van der Waals surface area contributed by atoms with Crippen molar-refractivity contribution < 1.29 is 8.42 Å². The van der Waals surface area contributed by atoms with Crippen LogP contribution >= 0.6 is 0 Å². The third-order valence-electron chi connectivity index (χ3n) is 3.52. The highest BCUT2D eigenvalue weighted by Gasteiger charge is 2.29. The Kier molecular flexibility index (Phi) is 4.07. The minimum Gasteiger partial charge on any atom is -0.313 e. The largest absolute Gasteiger partial charge is 0.313 e. The fourth-order valence-electron chi connectivity index (χ4n) is 2.11. The number of nitrogens with one attached hydrogen (secondary N) is 2. The van der Waals surface area contributed by atoms with Crippen LogP contribution in [0.2, 0.25) is 0 Å². The first kappa shape index (κ1) is 13.3. The lowest BCUT2D eigenvalue weighted by Crippen LogP contribution is -2.44. The molecule has 2 atom stereocenters. The fraction of sp³-hybridized carbons (Fsp3) is 1.00. The predicted octanol–water partition coefficient (Wildman–Crippen LogP) is -0.250. The predicted molar refractivity (Wildman–Crippen MR) is 68.4 cm³/mol. The third kappa shape index (κ3) is 3.91. The van der Waals surface area contributed by atoms with Crippen LogP contribution in [0, 0.1) is 0 Å². The second-order valence-electron chi connectivity index (χ2n) is 5.40. The van der Waals surface area contributed by atoms with Crippen LogP contribution in [-0.4, -0.2) is 57.3 Å². The number of likely N-dealkylation sites (tertiary alicyclic amines) is 1. The Morgan fingerprint density at radius 2 is 2.00 bits per heavy atom. The van der Waals surface area contributed by atoms with Crippen molar-refractivity contribution in [3.8, 4) is 0 Å². The number of likely N-dealkylation sites (N-methyl/N-ethyl adjacent to an activating group) is 1. The van der Waals surface area contributed by atoms with Gasteiger partial charge in [0.05, 0.1) is 5.25 Å². The maximum Gasteiger partial charge on any atom is 0.215 e. The number of nitrogens with zero attached hydrogens (tertiary/aromatic N) is 1. The lowest BCUT2D eigenvalue weighted by atomic mass is 10.3. The van der Waals surface area contributed by atoms with Gasteiger partial charge in [0.15, 0.2) is 0 Å². The molecule has 17 heavy (non-hydrogen) atoms. The normalized spacial score (nSPS) is 28.5. The van der Waals surface area contributed by atoms with Crippen LogP contribution in [0.1, 0.15) is 26.2 Å². The van der Waals surface area contributed by atoms with Crippen molar-refractivity contribution >= 4 is 10.0 Å². The number of sulfonamides is 1. The quantitative estimate of drug-likeness (QED) is 0.692. The molecule has 1 saturated heterocycles. The second kappa shape index (κ2) is 5.22. The molecule has 2 aliphatic rings. The molecule has 0 aromatic heterocycles. The average molecular weight is 261 g/mol. The number of rotatable bonds is 6. The van der Waals surface area contributed by atoms with Crippen molar-refractivity contribution in [2.24, 2.45) is 0 Å². The molecule has 5 nitrogen and oxygen atoms in total. The molecule has 0 bridgehead atoms. The average Bonchev–Trinajstić information content (AvgIpc) is 2.99. The molecular weight excluding hydrogens is 238 g/mol. The van der Waals surface area contributed by atoms with Crippen LogP contribution in [0.15, 0.2) is 0 Å². The van der Waals surface area contributed by atoms with Gasteiger partial charge in [-0.1, -0.05) is 0 Å². The zero-order valence-electron chi connectivity index (χ0n) is 10.6. The molecular formula is C11H23N3O2S. The SMILES string of the molecule is CC(CNC1CC1)S(=O)(=O)NC1CCN(C)C1. The van der Waals surface area contributed by atoms with Crippen molar-refractivity contribution in [1.29, 1.82) is 0 Å². The summed E-state index contributed by atoms with van der Waals surface area (Å²) in [6.07, 6.45) is 3.29. The van der Waals surface area contributed by atoms with Crippen molar-refractivity contribution in [3.05, 3.63) is 0 Å². The number of hydrogen-bond donors (Lipinski definition) is 2. The summed E-state index contributed by atoms with van der Waals surface area (Å²) in [7, 11) is -1.15. The maximum atomic E-state index is 12.1. The third-order valence-corrected chi connectivity index (χ3v) is 5.41. The summed E-state index contributed by atoms with van der Waals surface area (Å²) in [5.41, 5.74) is 0. The molecule has 0 spiro atoms. The van der Waals surface area contributed by atoms with Gasteiger partial charge in [-0.2, -0.15) is 0 Å². The minimum atomic E-state index is -3.17. The van der Waals surface area contributed by atoms with Crippen LogP contribution in [0.3, 0.4) is 0 Å². The van der Waals surface area contributed by atoms with E-state index in [1.807, 2.05) is 7.05 Å². The molecule has 6 heteroatoms. The van der Waals surface area contributed by atoms with E-state index in [9.17, 15) is 8.42 Å². The van der Waals surface area contributed by atoms with Crippen LogP contribution in [0.4, 0.5) is 0 Å². The second-order valence-corrected chi connectivity index (χ2v) is 7.53. The van der Waals surface area contributed by atoms with Gasteiger partial charge in [0, 0.05) is 25.2 Å². The van der Waals surface area contributed by atoms with E-state index in [1.54, 1.807) is 6.92 Å². The lowest BCUT2D eigenvalue weighted by molar-refractivity contribution is 0.406. The minimum absolute atomic E-state index is 0.0911. The maximum absolute atomic E-state index is 12.1. The lowest BCUT2D eigenvalue weighted by Gasteiger charge is -2.18. The van der Waals surface area contributed by atoms with Crippen molar-refractivity contribution in [3.63, 3.8) is 0 Å². The first-order valence-corrected chi connectivity index (χ1v) is 7.95. The van der Waals surface area contributed by atoms with Gasteiger partial charge in [-0.05, 0) is 39.8 Å². The first-order valence-electron chi connectivity index (χ1n) is 6.40. The molecule has 0 amide bonds. The van der Waals surface area contributed by atoms with Crippen molar-refractivity contribution in [1.82, 2.24) is 14.9 Å². The van der Waals surface area contributed by atoms with Crippen molar-refractivity contribution in [2.45, 2.75) is 43.5 Å². The molecule has 1 aliphatic carbocycles. The Balaban J connectivity index is 1.79.